The Balaban J connectivity index is 1.35. The zero-order valence-electron chi connectivity index (χ0n) is 18.4. The summed E-state index contributed by atoms with van der Waals surface area (Å²) in [5.74, 6) is -1.37. The standard InChI is InChI=1S/C24H26ClFN4O3/c1-16-6-7-21(20(26)12-16)30-15-17(13-22(30)31)23(32)28-8-3-9-29(11-10-28)24(33)27-19-5-2-4-18(25)14-19/h2,4-7,12,14,17H,3,8-11,13,15H2,1H3,(H,27,33). The van der Waals surface area contributed by atoms with Gasteiger partial charge in [0.1, 0.15) is 5.82 Å². The summed E-state index contributed by atoms with van der Waals surface area (Å²) in [6.45, 7) is 3.72. The molecule has 2 aliphatic rings. The molecular weight excluding hydrogens is 447 g/mol. The Kier molecular flexibility index (Phi) is 6.83. The Bertz CT molecular complexity index is 1080. The maximum absolute atomic E-state index is 14.4. The van der Waals surface area contributed by atoms with E-state index >= 15 is 0 Å². The molecule has 7 nitrogen and oxygen atoms in total. The lowest BCUT2D eigenvalue weighted by atomic mass is 10.1. The Hall–Kier alpha value is -3.13. The van der Waals surface area contributed by atoms with Crippen LogP contribution in [0.3, 0.4) is 0 Å². The van der Waals surface area contributed by atoms with Crippen molar-refractivity contribution in [2.45, 2.75) is 19.8 Å². The maximum Gasteiger partial charge on any atom is 0.321 e. The monoisotopic (exact) mass is 472 g/mol. The molecule has 174 valence electrons. The van der Waals surface area contributed by atoms with E-state index in [-0.39, 0.29) is 36.5 Å². The van der Waals surface area contributed by atoms with E-state index < -0.39 is 11.7 Å². The van der Waals surface area contributed by atoms with Crippen molar-refractivity contribution in [1.29, 1.82) is 0 Å². The fourth-order valence-corrected chi connectivity index (χ4v) is 4.49. The van der Waals surface area contributed by atoms with E-state index in [2.05, 4.69) is 5.32 Å². The van der Waals surface area contributed by atoms with Crippen LogP contribution in [0.15, 0.2) is 42.5 Å². The molecule has 2 saturated heterocycles. The SMILES string of the molecule is Cc1ccc(N2CC(C(=O)N3CCCN(C(=O)Nc4cccc(Cl)c4)CC3)CC2=O)c(F)c1. The van der Waals surface area contributed by atoms with Gasteiger partial charge in [0.05, 0.1) is 11.6 Å². The van der Waals surface area contributed by atoms with Crippen molar-refractivity contribution in [1.82, 2.24) is 9.80 Å². The van der Waals surface area contributed by atoms with E-state index in [0.29, 0.717) is 43.3 Å². The van der Waals surface area contributed by atoms with Gasteiger partial charge in [-0.2, -0.15) is 0 Å². The number of rotatable bonds is 3. The Labute approximate surface area is 197 Å². The summed E-state index contributed by atoms with van der Waals surface area (Å²) in [4.78, 5) is 43.1. The first-order valence-corrected chi connectivity index (χ1v) is 11.4. The lowest BCUT2D eigenvalue weighted by Crippen LogP contribution is -2.41. The van der Waals surface area contributed by atoms with Gasteiger partial charge in [0.25, 0.3) is 0 Å². The number of halogens is 2. The fourth-order valence-electron chi connectivity index (χ4n) is 4.30. The highest BCUT2D eigenvalue weighted by atomic mass is 35.5. The van der Waals surface area contributed by atoms with Crippen LogP contribution in [0.2, 0.25) is 5.02 Å². The molecule has 0 aliphatic carbocycles. The molecule has 2 aromatic carbocycles. The van der Waals surface area contributed by atoms with Crippen LogP contribution in [0.25, 0.3) is 0 Å². The molecule has 2 aliphatic heterocycles. The molecule has 0 aromatic heterocycles. The zero-order chi connectivity index (χ0) is 23.5. The number of carbonyl (C=O) groups excluding carboxylic acids is 3. The summed E-state index contributed by atoms with van der Waals surface area (Å²) in [6.07, 6.45) is 0.688. The van der Waals surface area contributed by atoms with Gasteiger partial charge in [-0.25, -0.2) is 9.18 Å². The number of nitrogens with one attached hydrogen (secondary N) is 1. The number of nitrogens with zero attached hydrogens (tertiary/aromatic N) is 3. The largest absolute Gasteiger partial charge is 0.341 e. The smallest absolute Gasteiger partial charge is 0.321 e. The lowest BCUT2D eigenvalue weighted by molar-refractivity contribution is -0.135. The normalized spacial score (nSPS) is 18.9. The zero-order valence-corrected chi connectivity index (χ0v) is 19.1. The topological polar surface area (TPSA) is 73.0 Å². The molecule has 0 radical (unpaired) electrons. The van der Waals surface area contributed by atoms with Crippen molar-refractivity contribution in [2.24, 2.45) is 5.92 Å². The molecule has 4 rings (SSSR count). The average Bonchev–Trinajstić information content (AvgIpc) is 2.99. The minimum Gasteiger partial charge on any atom is -0.341 e. The molecule has 1 atom stereocenters. The van der Waals surface area contributed by atoms with E-state index in [9.17, 15) is 18.8 Å². The number of aryl methyl sites for hydroxylation is 1. The van der Waals surface area contributed by atoms with Gasteiger partial charge < -0.3 is 20.0 Å². The second-order valence-electron chi connectivity index (χ2n) is 8.47. The minimum absolute atomic E-state index is 0.0572. The highest BCUT2D eigenvalue weighted by Gasteiger charge is 2.38. The first-order chi connectivity index (χ1) is 15.8. The van der Waals surface area contributed by atoms with Crippen LogP contribution in [-0.2, 0) is 9.59 Å². The number of anilines is 2. The van der Waals surface area contributed by atoms with Crippen molar-refractivity contribution in [2.75, 3.05) is 42.9 Å². The van der Waals surface area contributed by atoms with E-state index in [1.165, 1.54) is 11.0 Å². The Morgan fingerprint density at radius 3 is 2.58 bits per heavy atom. The number of hydrogen-bond acceptors (Lipinski definition) is 3. The second-order valence-corrected chi connectivity index (χ2v) is 8.90. The summed E-state index contributed by atoms with van der Waals surface area (Å²) in [7, 11) is 0. The van der Waals surface area contributed by atoms with Gasteiger partial charge >= 0.3 is 6.03 Å². The van der Waals surface area contributed by atoms with Gasteiger partial charge in [-0.15, -0.1) is 0 Å². The van der Waals surface area contributed by atoms with Gasteiger partial charge in [0.15, 0.2) is 0 Å². The van der Waals surface area contributed by atoms with Crippen LogP contribution >= 0.6 is 11.6 Å². The van der Waals surface area contributed by atoms with Gasteiger partial charge in [-0.05, 0) is 49.2 Å². The number of amides is 4. The van der Waals surface area contributed by atoms with Gasteiger partial charge in [0, 0.05) is 49.9 Å². The number of benzene rings is 2. The summed E-state index contributed by atoms with van der Waals surface area (Å²) < 4.78 is 14.4. The minimum atomic E-state index is -0.523. The van der Waals surface area contributed by atoms with Crippen LogP contribution in [0, 0.1) is 18.7 Å². The van der Waals surface area contributed by atoms with Gasteiger partial charge in [0.2, 0.25) is 11.8 Å². The number of urea groups is 1. The van der Waals surface area contributed by atoms with Crippen molar-refractivity contribution in [3.63, 3.8) is 0 Å². The number of carbonyl (C=O) groups is 3. The predicted octanol–water partition coefficient (Wildman–Crippen LogP) is 3.91. The van der Waals surface area contributed by atoms with Crippen LogP contribution in [-0.4, -0.2) is 60.4 Å². The predicted molar refractivity (Wildman–Crippen MR) is 125 cm³/mol. The first kappa shape index (κ1) is 23.0. The summed E-state index contributed by atoms with van der Waals surface area (Å²) in [5, 5.41) is 3.36. The number of hydrogen-bond donors (Lipinski definition) is 1. The van der Waals surface area contributed by atoms with Crippen LogP contribution in [0.5, 0.6) is 0 Å². The third kappa shape index (κ3) is 5.27. The molecule has 2 heterocycles. The van der Waals surface area contributed by atoms with Crippen molar-refractivity contribution < 1.29 is 18.8 Å². The fraction of sp³-hybridized carbons (Fsp3) is 0.375. The molecule has 0 spiro atoms. The van der Waals surface area contributed by atoms with Crippen molar-refractivity contribution in [3.8, 4) is 0 Å². The third-order valence-corrected chi connectivity index (χ3v) is 6.27. The molecule has 9 heteroatoms. The van der Waals surface area contributed by atoms with Crippen molar-refractivity contribution in [3.05, 3.63) is 58.9 Å². The molecule has 33 heavy (non-hydrogen) atoms. The highest BCUT2D eigenvalue weighted by molar-refractivity contribution is 6.30. The summed E-state index contributed by atoms with van der Waals surface area (Å²) in [6, 6.07) is 11.4. The molecule has 0 bridgehead atoms. The van der Waals surface area contributed by atoms with Crippen LogP contribution in [0.1, 0.15) is 18.4 Å². The molecule has 2 aromatic rings. The second kappa shape index (κ2) is 9.79. The molecule has 1 N–H and O–H groups in total. The molecule has 0 saturated carbocycles. The quantitative estimate of drug-likeness (QED) is 0.736. The first-order valence-electron chi connectivity index (χ1n) is 11.0. The molecular formula is C24H26ClFN4O3. The van der Waals surface area contributed by atoms with Crippen LogP contribution in [0.4, 0.5) is 20.6 Å². The molecule has 4 amide bonds. The molecule has 1 unspecified atom stereocenters. The van der Waals surface area contributed by atoms with Crippen molar-refractivity contribution >= 4 is 40.8 Å². The van der Waals surface area contributed by atoms with E-state index in [1.807, 2.05) is 0 Å². The van der Waals surface area contributed by atoms with Gasteiger partial charge in [-0.1, -0.05) is 23.7 Å². The van der Waals surface area contributed by atoms with E-state index in [1.54, 1.807) is 53.1 Å². The molecule has 2 fully saturated rings. The maximum atomic E-state index is 14.4. The average molecular weight is 473 g/mol. The van der Waals surface area contributed by atoms with E-state index in [4.69, 9.17) is 11.6 Å². The highest BCUT2D eigenvalue weighted by Crippen LogP contribution is 2.29. The van der Waals surface area contributed by atoms with Gasteiger partial charge in [-0.3, -0.25) is 9.59 Å². The summed E-state index contributed by atoms with van der Waals surface area (Å²) >= 11 is 5.97. The lowest BCUT2D eigenvalue weighted by Gasteiger charge is -2.25. The third-order valence-electron chi connectivity index (χ3n) is 6.04. The van der Waals surface area contributed by atoms with E-state index in [0.717, 1.165) is 5.56 Å². The summed E-state index contributed by atoms with van der Waals surface area (Å²) in [5.41, 5.74) is 1.59. The van der Waals surface area contributed by atoms with Crippen LogP contribution < -0.4 is 10.2 Å². The Morgan fingerprint density at radius 2 is 1.82 bits per heavy atom. The Morgan fingerprint density at radius 1 is 1.06 bits per heavy atom.